The maximum atomic E-state index is 10.5. The number of carbonyl (C=O) groups excluding carboxylic acids is 2. The third-order valence-electron chi connectivity index (χ3n) is 0.593. The van der Waals surface area contributed by atoms with E-state index in [-0.39, 0.29) is 5.57 Å². The number of carbonyl (C=O) groups is 2. The molecule has 0 aromatic rings. The van der Waals surface area contributed by atoms with Crippen LogP contribution in [0.3, 0.4) is 0 Å². The number of amides is 2. The molecule has 0 fully saturated rings. The molecule has 3 N–H and O–H groups in total. The first-order valence-electron chi connectivity index (χ1n) is 2.96. The monoisotopic (exact) mass is 172 g/mol. The zero-order valence-electron chi connectivity index (χ0n) is 6.92. The predicted octanol–water partition coefficient (Wildman–Crippen LogP) is 0.491. The van der Waals surface area contributed by atoms with Gasteiger partial charge in [-0.1, -0.05) is 6.58 Å². The Hall–Kier alpha value is -1.78. The number of urea groups is 1. The van der Waals surface area contributed by atoms with E-state index in [4.69, 9.17) is 0 Å². The third kappa shape index (κ3) is 8.22. The Morgan fingerprint density at radius 3 is 2.08 bits per heavy atom. The smallest absolute Gasteiger partial charge is 0.349 e. The average Bonchev–Trinajstić information content (AvgIpc) is 2.03. The number of hydrogen-bond acceptors (Lipinski definition) is 3. The van der Waals surface area contributed by atoms with Crippen LogP contribution in [0.2, 0.25) is 0 Å². The van der Waals surface area contributed by atoms with Crippen molar-refractivity contribution >= 4 is 12.0 Å². The van der Waals surface area contributed by atoms with Crippen molar-refractivity contribution in [2.24, 2.45) is 5.73 Å². The van der Waals surface area contributed by atoms with Crippen molar-refractivity contribution in [3.63, 3.8) is 0 Å². The van der Waals surface area contributed by atoms with Crippen molar-refractivity contribution in [1.82, 2.24) is 5.48 Å². The highest BCUT2D eigenvalue weighted by Crippen LogP contribution is 1.87. The van der Waals surface area contributed by atoms with Crippen molar-refractivity contribution < 1.29 is 14.4 Å². The summed E-state index contributed by atoms with van der Waals surface area (Å²) in [4.78, 5) is 24.5. The van der Waals surface area contributed by atoms with Gasteiger partial charge in [-0.3, -0.25) is 0 Å². The molecule has 68 valence electrons. The maximum Gasteiger partial charge on any atom is 0.358 e. The molecule has 0 saturated carbocycles. The SMILES string of the molecule is C=C.C=C(C)C(=O)ONC(N)=O. The van der Waals surface area contributed by atoms with Crippen LogP contribution in [0.5, 0.6) is 0 Å². The van der Waals surface area contributed by atoms with Crippen molar-refractivity contribution in [3.05, 3.63) is 25.3 Å². The van der Waals surface area contributed by atoms with Crippen LogP contribution in [0.1, 0.15) is 6.92 Å². The van der Waals surface area contributed by atoms with E-state index in [1.807, 2.05) is 0 Å². The normalized spacial score (nSPS) is 7.08. The number of nitrogens with one attached hydrogen (secondary N) is 1. The largest absolute Gasteiger partial charge is 0.358 e. The standard InChI is InChI=1S/C5H8N2O3.C2H4/c1-3(2)4(8)10-7-5(6)9;1-2/h1H2,2H3,(H3,6,7,9);1-2H2. The molecule has 0 aromatic carbocycles. The summed E-state index contributed by atoms with van der Waals surface area (Å²) in [7, 11) is 0. The second-order valence-electron chi connectivity index (χ2n) is 1.64. The first-order valence-corrected chi connectivity index (χ1v) is 2.96. The molecule has 0 aromatic heterocycles. The van der Waals surface area contributed by atoms with E-state index in [0.717, 1.165) is 0 Å². The fourth-order valence-electron chi connectivity index (χ4n) is 0.184. The van der Waals surface area contributed by atoms with Crippen LogP contribution in [0.4, 0.5) is 4.79 Å². The van der Waals surface area contributed by atoms with E-state index >= 15 is 0 Å². The Balaban J connectivity index is 0. The Bertz CT molecular complexity index is 189. The number of hydrogen-bond donors (Lipinski definition) is 2. The van der Waals surface area contributed by atoms with Gasteiger partial charge in [0.2, 0.25) is 0 Å². The molecule has 2 amide bonds. The van der Waals surface area contributed by atoms with Crippen LogP contribution in [-0.4, -0.2) is 12.0 Å². The fourth-order valence-corrected chi connectivity index (χ4v) is 0.184. The van der Waals surface area contributed by atoms with Gasteiger partial charge >= 0.3 is 12.0 Å². The second-order valence-corrected chi connectivity index (χ2v) is 1.64. The Morgan fingerprint density at radius 1 is 1.42 bits per heavy atom. The minimum Gasteiger partial charge on any atom is -0.349 e. The van der Waals surface area contributed by atoms with Crippen molar-refractivity contribution in [3.8, 4) is 0 Å². The van der Waals surface area contributed by atoms with Crippen molar-refractivity contribution in [2.45, 2.75) is 6.92 Å². The molecule has 0 atom stereocenters. The summed E-state index contributed by atoms with van der Waals surface area (Å²) in [6, 6.07) is -0.922. The summed E-state index contributed by atoms with van der Waals surface area (Å²) in [5.74, 6) is -0.709. The second kappa shape index (κ2) is 7.33. The van der Waals surface area contributed by atoms with Crippen LogP contribution < -0.4 is 11.2 Å². The minimum absolute atomic E-state index is 0.189. The van der Waals surface area contributed by atoms with Gasteiger partial charge in [-0.05, 0) is 6.92 Å². The molecular formula is C7H12N2O3. The minimum atomic E-state index is -0.922. The van der Waals surface area contributed by atoms with Gasteiger partial charge in [-0.2, -0.15) is 5.48 Å². The molecule has 5 heteroatoms. The lowest BCUT2D eigenvalue weighted by Gasteiger charge is -2.00. The molecule has 0 bridgehead atoms. The number of primary amides is 1. The van der Waals surface area contributed by atoms with E-state index in [1.165, 1.54) is 6.92 Å². The molecule has 0 aliphatic rings. The Labute approximate surface area is 70.8 Å². The van der Waals surface area contributed by atoms with Gasteiger partial charge in [0.05, 0.1) is 0 Å². The topological polar surface area (TPSA) is 81.4 Å². The predicted molar refractivity (Wildman–Crippen MR) is 44.9 cm³/mol. The van der Waals surface area contributed by atoms with Crippen molar-refractivity contribution in [1.29, 1.82) is 0 Å². The van der Waals surface area contributed by atoms with Crippen LogP contribution >= 0.6 is 0 Å². The molecule has 0 radical (unpaired) electrons. The van der Waals surface area contributed by atoms with E-state index < -0.39 is 12.0 Å². The zero-order valence-corrected chi connectivity index (χ0v) is 6.92. The first-order chi connectivity index (χ1) is 5.54. The van der Waals surface area contributed by atoms with E-state index in [9.17, 15) is 9.59 Å². The first kappa shape index (κ1) is 12.9. The van der Waals surface area contributed by atoms with Gasteiger partial charge in [0.1, 0.15) is 0 Å². The van der Waals surface area contributed by atoms with Gasteiger partial charge < -0.3 is 10.6 Å². The van der Waals surface area contributed by atoms with Gasteiger partial charge in [-0.15, -0.1) is 13.2 Å². The third-order valence-corrected chi connectivity index (χ3v) is 0.593. The van der Waals surface area contributed by atoms with Crippen LogP contribution in [0, 0.1) is 0 Å². The summed E-state index contributed by atoms with van der Waals surface area (Å²) in [6.45, 7) is 10.7. The summed E-state index contributed by atoms with van der Waals surface area (Å²) in [5.41, 5.74) is 6.43. The van der Waals surface area contributed by atoms with Gasteiger partial charge in [0, 0.05) is 5.57 Å². The van der Waals surface area contributed by atoms with Gasteiger partial charge in [-0.25, -0.2) is 9.59 Å². The Morgan fingerprint density at radius 2 is 1.83 bits per heavy atom. The quantitative estimate of drug-likeness (QED) is 0.343. The molecule has 0 rings (SSSR count). The summed E-state index contributed by atoms with van der Waals surface area (Å²) >= 11 is 0. The molecule has 0 unspecified atom stereocenters. The summed E-state index contributed by atoms with van der Waals surface area (Å²) in [6.07, 6.45) is 0. The molecule has 0 aliphatic heterocycles. The van der Waals surface area contributed by atoms with Gasteiger partial charge in [0.25, 0.3) is 0 Å². The van der Waals surface area contributed by atoms with Crippen LogP contribution in [0.15, 0.2) is 25.3 Å². The highest BCUT2D eigenvalue weighted by atomic mass is 16.7. The van der Waals surface area contributed by atoms with E-state index in [2.05, 4.69) is 30.3 Å². The van der Waals surface area contributed by atoms with Crippen molar-refractivity contribution in [2.75, 3.05) is 0 Å². The summed E-state index contributed by atoms with van der Waals surface area (Å²) in [5, 5.41) is 0. The average molecular weight is 172 g/mol. The fraction of sp³-hybridized carbons (Fsp3) is 0.143. The molecule has 12 heavy (non-hydrogen) atoms. The molecule has 0 saturated heterocycles. The van der Waals surface area contributed by atoms with Gasteiger partial charge in [0.15, 0.2) is 0 Å². The van der Waals surface area contributed by atoms with E-state index in [0.29, 0.717) is 0 Å². The van der Waals surface area contributed by atoms with Crippen LogP contribution in [0.25, 0.3) is 0 Å². The lowest BCUT2D eigenvalue weighted by Crippen LogP contribution is -2.31. The highest BCUT2D eigenvalue weighted by Gasteiger charge is 2.02. The maximum absolute atomic E-state index is 10.5. The molecule has 0 heterocycles. The molecule has 0 aliphatic carbocycles. The number of hydroxylamine groups is 1. The molecule has 5 nitrogen and oxygen atoms in total. The molecular weight excluding hydrogens is 160 g/mol. The number of rotatable bonds is 1. The number of nitrogens with two attached hydrogens (primary N) is 1. The molecule has 0 spiro atoms. The lowest BCUT2D eigenvalue weighted by molar-refractivity contribution is -0.143. The van der Waals surface area contributed by atoms with E-state index in [1.54, 1.807) is 5.48 Å². The highest BCUT2D eigenvalue weighted by molar-refractivity contribution is 5.87. The zero-order chi connectivity index (χ0) is 10.1. The Kier molecular flexibility index (Phi) is 7.85. The lowest BCUT2D eigenvalue weighted by atomic mass is 10.4. The summed E-state index contributed by atoms with van der Waals surface area (Å²) < 4.78 is 0. The van der Waals surface area contributed by atoms with Crippen LogP contribution in [-0.2, 0) is 9.63 Å².